The van der Waals surface area contributed by atoms with Gasteiger partial charge in [0.2, 0.25) is 0 Å². The Labute approximate surface area is 125 Å². The second kappa shape index (κ2) is 5.58. The first-order chi connectivity index (χ1) is 9.67. The largest absolute Gasteiger partial charge is 0.307 e. The fourth-order valence-electron chi connectivity index (χ4n) is 2.49. The molecule has 0 bridgehead atoms. The van der Waals surface area contributed by atoms with Gasteiger partial charge in [-0.1, -0.05) is 29.3 Å². The van der Waals surface area contributed by atoms with Crippen molar-refractivity contribution in [2.75, 3.05) is 0 Å². The molecule has 20 heavy (non-hydrogen) atoms. The Kier molecular flexibility index (Phi) is 3.81. The molecular weight excluding hydrogens is 321 g/mol. The quantitative estimate of drug-likeness (QED) is 0.931. The molecule has 2 heterocycles. The highest BCUT2D eigenvalue weighted by molar-refractivity contribution is 9.10. The summed E-state index contributed by atoms with van der Waals surface area (Å²) in [5.41, 5.74) is 4.05. The molecule has 0 radical (unpaired) electrons. The lowest BCUT2D eigenvalue weighted by Gasteiger charge is -2.09. The van der Waals surface area contributed by atoms with Crippen LogP contribution in [0.15, 0.2) is 22.7 Å². The Morgan fingerprint density at radius 2 is 2.10 bits per heavy atom. The molecule has 3 nitrogen and oxygen atoms in total. The molecule has 0 atom stereocenters. The SMILES string of the molecule is CCCc1nc(-c2cc(F)cc(Br)c2)nc2c1CNC2. The van der Waals surface area contributed by atoms with E-state index >= 15 is 0 Å². The van der Waals surface area contributed by atoms with Crippen LogP contribution in [0.4, 0.5) is 4.39 Å². The van der Waals surface area contributed by atoms with E-state index in [0.717, 1.165) is 37.3 Å². The maximum atomic E-state index is 13.5. The number of nitrogens with zero attached hydrogens (tertiary/aromatic N) is 2. The molecule has 3 rings (SSSR count). The summed E-state index contributed by atoms with van der Waals surface area (Å²) in [5, 5.41) is 3.30. The minimum absolute atomic E-state index is 0.284. The highest BCUT2D eigenvalue weighted by atomic mass is 79.9. The highest BCUT2D eigenvalue weighted by Crippen LogP contribution is 2.26. The van der Waals surface area contributed by atoms with Crippen LogP contribution >= 0.6 is 15.9 Å². The van der Waals surface area contributed by atoms with E-state index in [1.54, 1.807) is 0 Å². The molecule has 5 heteroatoms. The van der Waals surface area contributed by atoms with Crippen molar-refractivity contribution in [3.8, 4) is 11.4 Å². The summed E-state index contributed by atoms with van der Waals surface area (Å²) in [5.74, 6) is 0.324. The molecule has 1 aliphatic rings. The molecule has 0 spiro atoms. The second-order valence-electron chi connectivity index (χ2n) is 4.93. The number of benzene rings is 1. The maximum absolute atomic E-state index is 13.5. The summed E-state index contributed by atoms with van der Waals surface area (Å²) >= 11 is 3.31. The van der Waals surface area contributed by atoms with Gasteiger partial charge < -0.3 is 5.32 Å². The number of fused-ring (bicyclic) bond motifs is 1. The van der Waals surface area contributed by atoms with E-state index in [9.17, 15) is 4.39 Å². The zero-order valence-corrected chi connectivity index (χ0v) is 12.8. The van der Waals surface area contributed by atoms with E-state index in [1.165, 1.54) is 17.7 Å². The Bertz CT molecular complexity index is 638. The molecule has 1 aromatic heterocycles. The number of hydrogen-bond acceptors (Lipinski definition) is 3. The van der Waals surface area contributed by atoms with Crippen molar-refractivity contribution in [2.45, 2.75) is 32.9 Å². The zero-order valence-electron chi connectivity index (χ0n) is 11.2. The third-order valence-corrected chi connectivity index (χ3v) is 3.84. The van der Waals surface area contributed by atoms with Crippen molar-refractivity contribution in [3.05, 3.63) is 45.4 Å². The molecule has 0 unspecified atom stereocenters. The van der Waals surface area contributed by atoms with Crippen LogP contribution in [0.2, 0.25) is 0 Å². The summed E-state index contributed by atoms with van der Waals surface area (Å²) in [4.78, 5) is 9.24. The molecule has 0 amide bonds. The number of hydrogen-bond donors (Lipinski definition) is 1. The van der Waals surface area contributed by atoms with Crippen molar-refractivity contribution >= 4 is 15.9 Å². The van der Waals surface area contributed by atoms with Gasteiger partial charge in [0.05, 0.1) is 5.69 Å². The molecule has 1 N–H and O–H groups in total. The van der Waals surface area contributed by atoms with Crippen LogP contribution in [0.1, 0.15) is 30.3 Å². The lowest BCUT2D eigenvalue weighted by Crippen LogP contribution is -2.03. The third-order valence-electron chi connectivity index (χ3n) is 3.38. The fraction of sp³-hybridized carbons (Fsp3) is 0.333. The molecular formula is C15H15BrFN3. The minimum atomic E-state index is -0.284. The molecule has 0 saturated heterocycles. The van der Waals surface area contributed by atoms with Crippen LogP contribution in [0.5, 0.6) is 0 Å². The van der Waals surface area contributed by atoms with Crippen LogP contribution in [-0.2, 0) is 19.5 Å². The highest BCUT2D eigenvalue weighted by Gasteiger charge is 2.19. The molecule has 1 aliphatic heterocycles. The number of aryl methyl sites for hydroxylation is 1. The maximum Gasteiger partial charge on any atom is 0.159 e. The number of aromatic nitrogens is 2. The van der Waals surface area contributed by atoms with Crippen molar-refractivity contribution in [2.24, 2.45) is 0 Å². The van der Waals surface area contributed by atoms with Crippen LogP contribution < -0.4 is 5.32 Å². The van der Waals surface area contributed by atoms with Gasteiger partial charge in [-0.3, -0.25) is 0 Å². The first-order valence-electron chi connectivity index (χ1n) is 6.73. The van der Waals surface area contributed by atoms with Crippen molar-refractivity contribution < 1.29 is 4.39 Å². The number of halogens is 2. The predicted octanol–water partition coefficient (Wildman–Crippen LogP) is 3.60. The van der Waals surface area contributed by atoms with Crippen molar-refractivity contribution in [1.29, 1.82) is 0 Å². The van der Waals surface area contributed by atoms with Crippen molar-refractivity contribution in [3.63, 3.8) is 0 Å². The van der Waals surface area contributed by atoms with E-state index in [4.69, 9.17) is 0 Å². The minimum Gasteiger partial charge on any atom is -0.307 e. The monoisotopic (exact) mass is 335 g/mol. The molecule has 0 saturated carbocycles. The summed E-state index contributed by atoms with van der Waals surface area (Å²) in [6.07, 6.45) is 1.96. The fourth-order valence-corrected chi connectivity index (χ4v) is 2.96. The summed E-state index contributed by atoms with van der Waals surface area (Å²) < 4.78 is 14.2. The second-order valence-corrected chi connectivity index (χ2v) is 5.85. The molecule has 1 aromatic carbocycles. The topological polar surface area (TPSA) is 37.8 Å². The molecule has 0 aliphatic carbocycles. The normalized spacial score (nSPS) is 13.6. The van der Waals surface area contributed by atoms with Gasteiger partial charge in [-0.2, -0.15) is 0 Å². The average Bonchev–Trinajstić information content (AvgIpc) is 2.86. The molecule has 2 aromatic rings. The van der Waals surface area contributed by atoms with Crippen LogP contribution in [0.25, 0.3) is 11.4 Å². The Hall–Kier alpha value is -1.33. The predicted molar refractivity (Wildman–Crippen MR) is 79.7 cm³/mol. The molecule has 104 valence electrons. The van der Waals surface area contributed by atoms with Gasteiger partial charge in [-0.15, -0.1) is 0 Å². The van der Waals surface area contributed by atoms with E-state index in [1.807, 2.05) is 6.07 Å². The van der Waals surface area contributed by atoms with Gasteiger partial charge in [0.1, 0.15) is 5.82 Å². The van der Waals surface area contributed by atoms with E-state index in [-0.39, 0.29) is 5.82 Å². The third kappa shape index (κ3) is 2.60. The van der Waals surface area contributed by atoms with E-state index in [0.29, 0.717) is 15.9 Å². The summed E-state index contributed by atoms with van der Waals surface area (Å²) in [6, 6.07) is 4.76. The van der Waals surface area contributed by atoms with Gasteiger partial charge in [-0.25, -0.2) is 14.4 Å². The molecule has 0 fully saturated rings. The van der Waals surface area contributed by atoms with Crippen LogP contribution in [0, 0.1) is 5.82 Å². The lowest BCUT2D eigenvalue weighted by molar-refractivity contribution is 0.627. The van der Waals surface area contributed by atoms with E-state index in [2.05, 4.69) is 38.1 Å². The van der Waals surface area contributed by atoms with Gasteiger partial charge in [-0.05, 0) is 24.6 Å². The van der Waals surface area contributed by atoms with E-state index < -0.39 is 0 Å². The average molecular weight is 336 g/mol. The Balaban J connectivity index is 2.12. The standard InChI is InChI=1S/C15H15BrFN3/c1-2-3-13-12-7-18-8-14(12)20-15(19-13)9-4-10(16)6-11(17)5-9/h4-6,18H,2-3,7-8H2,1H3. The zero-order chi connectivity index (χ0) is 14.1. The van der Waals surface area contributed by atoms with Crippen molar-refractivity contribution in [1.82, 2.24) is 15.3 Å². The first kappa shape index (κ1) is 13.6. The van der Waals surface area contributed by atoms with Gasteiger partial charge in [0, 0.05) is 34.4 Å². The summed E-state index contributed by atoms with van der Waals surface area (Å²) in [6.45, 7) is 3.73. The van der Waals surface area contributed by atoms with Crippen LogP contribution in [0.3, 0.4) is 0 Å². The number of nitrogens with one attached hydrogen (secondary N) is 1. The first-order valence-corrected chi connectivity index (χ1v) is 7.52. The number of rotatable bonds is 3. The van der Waals surface area contributed by atoms with Gasteiger partial charge in [0.15, 0.2) is 5.82 Å². The Morgan fingerprint density at radius 1 is 1.25 bits per heavy atom. The van der Waals surface area contributed by atoms with Crippen LogP contribution in [-0.4, -0.2) is 9.97 Å². The lowest BCUT2D eigenvalue weighted by atomic mass is 10.1. The summed E-state index contributed by atoms with van der Waals surface area (Å²) in [7, 11) is 0. The van der Waals surface area contributed by atoms with Gasteiger partial charge in [0.25, 0.3) is 0 Å². The van der Waals surface area contributed by atoms with Gasteiger partial charge >= 0.3 is 0 Å². The Morgan fingerprint density at radius 3 is 2.85 bits per heavy atom. The smallest absolute Gasteiger partial charge is 0.159 e.